The number of anilines is 4. The summed E-state index contributed by atoms with van der Waals surface area (Å²) < 4.78 is 44.2. The highest BCUT2D eigenvalue weighted by Crippen LogP contribution is 2.54. The molecule has 0 bridgehead atoms. The molecule has 0 saturated carbocycles. The van der Waals surface area contributed by atoms with E-state index in [1.165, 1.54) is 50.2 Å². The second-order valence-corrected chi connectivity index (χ2v) is 25.0. The second-order valence-electron chi connectivity index (χ2n) is 25.0. The number of benzene rings is 7. The van der Waals surface area contributed by atoms with Crippen LogP contribution in [0.15, 0.2) is 164 Å². The summed E-state index contributed by atoms with van der Waals surface area (Å²) in [5, 5.41) is 1.13. The molecule has 0 amide bonds. The van der Waals surface area contributed by atoms with Crippen LogP contribution in [0.4, 0.5) is 22.7 Å². The van der Waals surface area contributed by atoms with Crippen LogP contribution < -0.4 is 14.5 Å². The van der Waals surface area contributed by atoms with Gasteiger partial charge in [0.05, 0.1) is 33.6 Å². The van der Waals surface area contributed by atoms with Gasteiger partial charge in [-0.2, -0.15) is 0 Å². The van der Waals surface area contributed by atoms with Crippen LogP contribution in [-0.4, -0.2) is 16.2 Å². The van der Waals surface area contributed by atoms with Gasteiger partial charge in [0.1, 0.15) is 24.0 Å². The molecule has 1 aliphatic heterocycles. The fraction of sp³-hybridized carbons (Fsp3) is 0.309. The van der Waals surface area contributed by atoms with Crippen LogP contribution in [0, 0.1) is 0 Å². The first-order valence-electron chi connectivity index (χ1n) is 28.1. The fourth-order valence-electron chi connectivity index (χ4n) is 11.2. The lowest BCUT2D eigenvalue weighted by molar-refractivity contribution is 0.332. The van der Waals surface area contributed by atoms with E-state index in [1.807, 2.05) is 47.0 Å². The van der Waals surface area contributed by atoms with E-state index in [0.717, 1.165) is 35.5 Å². The van der Waals surface area contributed by atoms with Gasteiger partial charge in [0.15, 0.2) is 0 Å². The van der Waals surface area contributed by atoms with Crippen LogP contribution in [-0.2, 0) is 27.1 Å². The second kappa shape index (κ2) is 17.3. The third kappa shape index (κ3) is 8.69. The summed E-state index contributed by atoms with van der Waals surface area (Å²) in [6.45, 7) is 30.4. The van der Waals surface area contributed by atoms with Gasteiger partial charge in [-0.1, -0.05) is 169 Å². The van der Waals surface area contributed by atoms with Crippen molar-refractivity contribution in [3.05, 3.63) is 192 Å². The van der Waals surface area contributed by atoms with Crippen molar-refractivity contribution in [1.29, 1.82) is 0 Å². The number of nitrogens with zero attached hydrogens (tertiary/aromatic N) is 4. The highest BCUT2D eigenvalue weighted by molar-refractivity contribution is 6.09. The molecule has 2 aliphatic rings. The quantitative estimate of drug-likeness (QED) is 0.159. The molecular formula is C68H72N4O. The number of ether oxygens (including phenoxy) is 1. The molecule has 0 atom stereocenters. The smallest absolute Gasteiger partial charge is 0.137 e. The number of fused-ring (bicyclic) bond motifs is 5. The van der Waals surface area contributed by atoms with E-state index in [4.69, 9.17) is 15.2 Å². The Morgan fingerprint density at radius 1 is 0.521 bits per heavy atom. The number of aromatic nitrogens is 2. The average Bonchev–Trinajstić information content (AvgIpc) is 4.18. The van der Waals surface area contributed by atoms with E-state index in [9.17, 15) is 0 Å². The van der Waals surface area contributed by atoms with Crippen LogP contribution in [0.25, 0.3) is 49.9 Å². The van der Waals surface area contributed by atoms with Gasteiger partial charge < -0.3 is 14.5 Å². The predicted octanol–water partition coefficient (Wildman–Crippen LogP) is 18.8. The first-order valence-corrected chi connectivity index (χ1v) is 26.1. The molecule has 0 radical (unpaired) electrons. The first kappa shape index (κ1) is 43.5. The number of hydrogen-bond acceptors (Lipinski definition) is 4. The SMILES string of the molecule is [2H]c1c([2H])c([2H])c2c(c1[2H])c1ccc(Oc3cccc(N4CN(c5c(-c6ccc(C(C)(C)C)cc6)cc(C(C)(C)C)cc5-c5ccc6c(c5)C(C)(C)CCC6(C)C)c5ccccc54)c3)cc1n2-c1cc(C(C)(C)C)ccn1. The molecule has 0 spiro atoms. The Hall–Kier alpha value is -7.11. The van der Waals surface area contributed by atoms with Crippen molar-refractivity contribution in [3.63, 3.8) is 0 Å². The Morgan fingerprint density at radius 2 is 1.15 bits per heavy atom. The molecule has 0 unspecified atom stereocenters. The summed E-state index contributed by atoms with van der Waals surface area (Å²) in [6.07, 6.45) is 4.06. The van der Waals surface area contributed by atoms with Crippen molar-refractivity contribution in [2.45, 2.75) is 130 Å². The van der Waals surface area contributed by atoms with E-state index in [0.29, 0.717) is 45.8 Å². The molecule has 9 aromatic rings. The average molecular weight is 965 g/mol. The minimum atomic E-state index is -0.287. The number of rotatable bonds is 7. The van der Waals surface area contributed by atoms with Crippen LogP contribution in [0.1, 0.15) is 136 Å². The molecule has 0 N–H and O–H groups in total. The van der Waals surface area contributed by atoms with E-state index in [2.05, 4.69) is 191 Å². The lowest BCUT2D eigenvalue weighted by atomic mass is 9.63. The van der Waals surface area contributed by atoms with Crippen LogP contribution in [0.2, 0.25) is 0 Å². The maximum absolute atomic E-state index is 9.14. The molecule has 5 nitrogen and oxygen atoms in total. The van der Waals surface area contributed by atoms with Gasteiger partial charge in [-0.05, 0) is 146 Å². The Bertz CT molecular complexity index is 3830. The van der Waals surface area contributed by atoms with E-state index in [1.54, 1.807) is 6.20 Å². The van der Waals surface area contributed by atoms with Crippen molar-refractivity contribution in [2.24, 2.45) is 0 Å². The van der Waals surface area contributed by atoms with Crippen molar-refractivity contribution in [3.8, 4) is 39.6 Å². The summed E-state index contributed by atoms with van der Waals surface area (Å²) in [4.78, 5) is 9.70. The molecule has 370 valence electrons. The fourth-order valence-corrected chi connectivity index (χ4v) is 11.2. The molecular weight excluding hydrogens is 889 g/mol. The molecule has 0 saturated heterocycles. The minimum Gasteiger partial charge on any atom is -0.457 e. The molecule has 2 aromatic heterocycles. The molecule has 11 rings (SSSR count). The summed E-state index contributed by atoms with van der Waals surface area (Å²) in [7, 11) is 0. The monoisotopic (exact) mass is 965 g/mol. The maximum Gasteiger partial charge on any atom is 0.137 e. The zero-order valence-electron chi connectivity index (χ0n) is 49.1. The first-order chi connectivity index (χ1) is 36.2. The molecule has 0 fully saturated rings. The van der Waals surface area contributed by atoms with Gasteiger partial charge in [-0.3, -0.25) is 4.57 Å². The summed E-state index contributed by atoms with van der Waals surface area (Å²) in [6, 6.07) is 47.4. The lowest BCUT2D eigenvalue weighted by Gasteiger charge is -2.42. The van der Waals surface area contributed by atoms with Crippen LogP contribution >= 0.6 is 0 Å². The maximum atomic E-state index is 9.14. The topological polar surface area (TPSA) is 33.5 Å². The van der Waals surface area contributed by atoms with Crippen molar-refractivity contribution < 1.29 is 10.2 Å². The molecule has 73 heavy (non-hydrogen) atoms. The highest BCUT2D eigenvalue weighted by atomic mass is 16.5. The standard InChI is InChI=1S/C68H72N4O/c1-64(2,3)46-28-25-44(26-29-46)54-38-48(66(7,8)9)39-55(45-27-32-56-57(37-45)68(12,13)35-34-67(56,10)11)63(54)71-43-70(59-23-16-17-24-60(59)71)49-19-18-20-50(41-49)73-51-30-31-53-52-21-14-15-22-58(52)72(61(53)42-51)62-40-47(33-36-69-62)65(4,5)6/h14-33,36-42H,34-35,43H2,1-13H3/i14D,15D,21D,22D. The molecule has 3 heterocycles. The van der Waals surface area contributed by atoms with Crippen molar-refractivity contribution in [2.75, 3.05) is 16.5 Å². The summed E-state index contributed by atoms with van der Waals surface area (Å²) >= 11 is 0. The van der Waals surface area contributed by atoms with Gasteiger partial charge in [0.25, 0.3) is 0 Å². The summed E-state index contributed by atoms with van der Waals surface area (Å²) in [5.74, 6) is 1.78. The largest absolute Gasteiger partial charge is 0.457 e. The van der Waals surface area contributed by atoms with Crippen molar-refractivity contribution >= 4 is 44.6 Å². The normalized spacial score (nSPS) is 16.2. The van der Waals surface area contributed by atoms with Gasteiger partial charge >= 0.3 is 0 Å². The van der Waals surface area contributed by atoms with Crippen LogP contribution in [0.5, 0.6) is 11.5 Å². The number of pyridine rings is 1. The minimum absolute atomic E-state index is 0.0113. The summed E-state index contributed by atoms with van der Waals surface area (Å²) in [5.41, 5.74) is 16.6. The zero-order chi connectivity index (χ0) is 54.9. The van der Waals surface area contributed by atoms with E-state index < -0.39 is 0 Å². The van der Waals surface area contributed by atoms with Gasteiger partial charge in [0, 0.05) is 45.9 Å². The van der Waals surface area contributed by atoms with Crippen LogP contribution in [0.3, 0.4) is 0 Å². The predicted molar refractivity (Wildman–Crippen MR) is 309 cm³/mol. The Morgan fingerprint density at radius 3 is 1.85 bits per heavy atom. The highest BCUT2D eigenvalue weighted by Gasteiger charge is 2.38. The van der Waals surface area contributed by atoms with E-state index >= 15 is 0 Å². The lowest BCUT2D eigenvalue weighted by Crippen LogP contribution is -2.33. The van der Waals surface area contributed by atoms with E-state index in [-0.39, 0.29) is 51.2 Å². The molecule has 7 aromatic carbocycles. The zero-order valence-corrected chi connectivity index (χ0v) is 45.1. The van der Waals surface area contributed by atoms with Gasteiger partial charge in [-0.15, -0.1) is 0 Å². The molecule has 1 aliphatic carbocycles. The molecule has 5 heteroatoms. The third-order valence-corrected chi connectivity index (χ3v) is 15.8. The Labute approximate surface area is 440 Å². The van der Waals surface area contributed by atoms with Gasteiger partial charge in [0.2, 0.25) is 0 Å². The third-order valence-electron chi connectivity index (χ3n) is 15.8. The van der Waals surface area contributed by atoms with Crippen molar-refractivity contribution in [1.82, 2.24) is 9.55 Å². The number of hydrogen-bond donors (Lipinski definition) is 0. The number of para-hydroxylation sites is 3. The Balaban J connectivity index is 1.04. The Kier molecular flexibility index (Phi) is 10.3. The van der Waals surface area contributed by atoms with Gasteiger partial charge in [-0.25, -0.2) is 4.98 Å².